The van der Waals surface area contributed by atoms with E-state index in [4.69, 9.17) is 0 Å². The number of hydrogen-bond acceptors (Lipinski definition) is 2. The normalized spacial score (nSPS) is 25.8. The van der Waals surface area contributed by atoms with Crippen LogP contribution in [0, 0.1) is 5.41 Å². The third kappa shape index (κ3) is 3.85. The van der Waals surface area contributed by atoms with Gasteiger partial charge in [-0.3, -0.25) is 0 Å². The van der Waals surface area contributed by atoms with Gasteiger partial charge >= 0.3 is 12.0 Å². The van der Waals surface area contributed by atoms with Crippen LogP contribution in [0.3, 0.4) is 0 Å². The molecule has 110 valence electrons. The van der Waals surface area contributed by atoms with Crippen molar-refractivity contribution in [2.45, 2.75) is 72.0 Å². The van der Waals surface area contributed by atoms with Gasteiger partial charge in [-0.1, -0.05) is 20.8 Å². The predicted octanol–water partition coefficient (Wildman–Crippen LogP) is 2.46. The molecule has 0 radical (unpaired) electrons. The predicted molar refractivity (Wildman–Crippen MR) is 74.0 cm³/mol. The molecule has 0 spiro atoms. The minimum Gasteiger partial charge on any atom is -0.480 e. The standard InChI is InChI=1S/C14H26N2O3/c1-9-7-6-8-10(2)16(9)13(19)15-11(12(17)18)14(3,4)5/h9-11H,6-8H2,1-5H3,(H,15,19)(H,17,18)/t9-,10+,11-/m1/s1. The van der Waals surface area contributed by atoms with Gasteiger partial charge in [-0.05, 0) is 38.5 Å². The summed E-state index contributed by atoms with van der Waals surface area (Å²) in [6, 6.07) is -0.806. The number of amides is 2. The summed E-state index contributed by atoms with van der Waals surface area (Å²) in [5.74, 6) is -0.988. The van der Waals surface area contributed by atoms with Crippen LogP contribution in [0.5, 0.6) is 0 Å². The fourth-order valence-electron chi connectivity index (χ4n) is 2.67. The van der Waals surface area contributed by atoms with Gasteiger partial charge in [0, 0.05) is 12.1 Å². The van der Waals surface area contributed by atoms with E-state index in [1.54, 1.807) is 4.90 Å². The third-order valence-electron chi connectivity index (χ3n) is 3.81. The quantitative estimate of drug-likeness (QED) is 0.809. The topological polar surface area (TPSA) is 69.6 Å². The molecule has 3 atom stereocenters. The highest BCUT2D eigenvalue weighted by atomic mass is 16.4. The average Bonchev–Trinajstić information content (AvgIpc) is 2.23. The Morgan fingerprint density at radius 1 is 1.21 bits per heavy atom. The van der Waals surface area contributed by atoms with E-state index in [-0.39, 0.29) is 18.1 Å². The molecular weight excluding hydrogens is 244 g/mol. The van der Waals surface area contributed by atoms with Crippen LogP contribution in [-0.2, 0) is 4.79 Å². The molecule has 5 heteroatoms. The molecule has 0 aliphatic carbocycles. The lowest BCUT2D eigenvalue weighted by molar-refractivity contribution is -0.142. The summed E-state index contributed by atoms with van der Waals surface area (Å²) >= 11 is 0. The van der Waals surface area contributed by atoms with Crippen molar-refractivity contribution in [1.82, 2.24) is 10.2 Å². The van der Waals surface area contributed by atoms with Crippen LogP contribution in [0.15, 0.2) is 0 Å². The highest BCUT2D eigenvalue weighted by molar-refractivity contribution is 5.83. The first-order valence-electron chi connectivity index (χ1n) is 6.96. The van der Waals surface area contributed by atoms with Gasteiger partial charge in [0.05, 0.1) is 0 Å². The van der Waals surface area contributed by atoms with E-state index in [1.165, 1.54) is 0 Å². The summed E-state index contributed by atoms with van der Waals surface area (Å²) < 4.78 is 0. The lowest BCUT2D eigenvalue weighted by Gasteiger charge is -2.40. The van der Waals surface area contributed by atoms with Gasteiger partial charge in [0.15, 0.2) is 0 Å². The van der Waals surface area contributed by atoms with Crippen molar-refractivity contribution in [2.75, 3.05) is 0 Å². The number of rotatable bonds is 2. The molecule has 0 saturated carbocycles. The molecule has 1 fully saturated rings. The Morgan fingerprint density at radius 3 is 2.05 bits per heavy atom. The van der Waals surface area contributed by atoms with Crippen LogP contribution < -0.4 is 5.32 Å². The Bertz CT molecular complexity index is 339. The van der Waals surface area contributed by atoms with E-state index in [2.05, 4.69) is 5.32 Å². The summed E-state index contributed by atoms with van der Waals surface area (Å²) in [7, 11) is 0. The number of carbonyl (C=O) groups excluding carboxylic acids is 1. The van der Waals surface area contributed by atoms with E-state index in [1.807, 2.05) is 34.6 Å². The van der Waals surface area contributed by atoms with Crippen LogP contribution in [0.25, 0.3) is 0 Å². The largest absolute Gasteiger partial charge is 0.480 e. The summed E-state index contributed by atoms with van der Waals surface area (Å²) in [5, 5.41) is 11.9. The summed E-state index contributed by atoms with van der Waals surface area (Å²) in [5.41, 5.74) is -0.510. The van der Waals surface area contributed by atoms with Crippen molar-refractivity contribution < 1.29 is 14.7 Å². The molecule has 0 unspecified atom stereocenters. The minimum absolute atomic E-state index is 0.165. The summed E-state index contributed by atoms with van der Waals surface area (Å²) in [4.78, 5) is 25.4. The van der Waals surface area contributed by atoms with Gasteiger partial charge in [-0.25, -0.2) is 9.59 Å². The number of carbonyl (C=O) groups is 2. The van der Waals surface area contributed by atoms with Crippen LogP contribution in [-0.4, -0.2) is 40.1 Å². The average molecular weight is 270 g/mol. The Morgan fingerprint density at radius 2 is 1.68 bits per heavy atom. The van der Waals surface area contributed by atoms with Gasteiger partial charge in [-0.15, -0.1) is 0 Å². The fourth-order valence-corrected chi connectivity index (χ4v) is 2.67. The Hall–Kier alpha value is -1.26. The van der Waals surface area contributed by atoms with Crippen molar-refractivity contribution in [2.24, 2.45) is 5.41 Å². The molecule has 5 nitrogen and oxygen atoms in total. The first kappa shape index (κ1) is 15.8. The second-order valence-corrected chi connectivity index (χ2v) is 6.62. The number of likely N-dealkylation sites (tertiary alicyclic amines) is 1. The first-order chi connectivity index (χ1) is 8.64. The molecule has 1 aliphatic heterocycles. The summed E-state index contributed by atoms with van der Waals surface area (Å²) in [6.07, 6.45) is 3.07. The second-order valence-electron chi connectivity index (χ2n) is 6.62. The maximum atomic E-state index is 12.3. The highest BCUT2D eigenvalue weighted by Crippen LogP contribution is 2.24. The number of aliphatic carboxylic acids is 1. The SMILES string of the molecule is C[C@@H]1CCC[C@H](C)N1C(=O)N[C@H](C(=O)O)C(C)(C)C. The first-order valence-corrected chi connectivity index (χ1v) is 6.96. The molecule has 1 heterocycles. The number of nitrogens with zero attached hydrogens (tertiary/aromatic N) is 1. The Kier molecular flexibility index (Phi) is 4.82. The van der Waals surface area contributed by atoms with E-state index in [9.17, 15) is 14.7 Å². The zero-order chi connectivity index (χ0) is 14.8. The molecule has 0 aromatic rings. The second kappa shape index (κ2) is 5.80. The van der Waals surface area contributed by atoms with E-state index >= 15 is 0 Å². The van der Waals surface area contributed by atoms with E-state index in [0.29, 0.717) is 0 Å². The fraction of sp³-hybridized carbons (Fsp3) is 0.857. The van der Waals surface area contributed by atoms with E-state index in [0.717, 1.165) is 19.3 Å². The molecule has 1 aliphatic rings. The van der Waals surface area contributed by atoms with Crippen molar-refractivity contribution >= 4 is 12.0 Å². The molecule has 0 aromatic heterocycles. The van der Waals surface area contributed by atoms with Gasteiger partial charge in [0.2, 0.25) is 0 Å². The monoisotopic (exact) mass is 270 g/mol. The summed E-state index contributed by atoms with van der Waals surface area (Å²) in [6.45, 7) is 9.48. The molecule has 1 rings (SSSR count). The van der Waals surface area contributed by atoms with Crippen molar-refractivity contribution in [3.05, 3.63) is 0 Å². The van der Waals surface area contributed by atoms with Crippen molar-refractivity contribution in [3.63, 3.8) is 0 Å². The number of carboxylic acid groups (broad SMARTS) is 1. The molecule has 19 heavy (non-hydrogen) atoms. The van der Waals surface area contributed by atoms with Crippen molar-refractivity contribution in [3.8, 4) is 0 Å². The highest BCUT2D eigenvalue weighted by Gasteiger charge is 2.36. The molecule has 0 aromatic carbocycles. The van der Waals surface area contributed by atoms with Gasteiger partial charge in [0.25, 0.3) is 0 Å². The third-order valence-corrected chi connectivity index (χ3v) is 3.81. The van der Waals surface area contributed by atoms with Gasteiger partial charge in [-0.2, -0.15) is 0 Å². The smallest absolute Gasteiger partial charge is 0.326 e. The number of nitrogens with one attached hydrogen (secondary N) is 1. The van der Waals surface area contributed by atoms with Crippen molar-refractivity contribution in [1.29, 1.82) is 0 Å². The van der Waals surface area contributed by atoms with Crippen LogP contribution in [0.2, 0.25) is 0 Å². The van der Waals surface area contributed by atoms with Gasteiger partial charge in [0.1, 0.15) is 6.04 Å². The molecule has 1 saturated heterocycles. The maximum Gasteiger partial charge on any atom is 0.326 e. The zero-order valence-electron chi connectivity index (χ0n) is 12.6. The lowest BCUT2D eigenvalue weighted by atomic mass is 9.87. The minimum atomic E-state index is -0.988. The maximum absolute atomic E-state index is 12.3. The number of hydrogen-bond donors (Lipinski definition) is 2. The zero-order valence-corrected chi connectivity index (χ0v) is 12.6. The van der Waals surface area contributed by atoms with Crippen LogP contribution in [0.1, 0.15) is 53.9 Å². The number of carboxylic acids is 1. The molecule has 2 amide bonds. The van der Waals surface area contributed by atoms with Crippen LogP contribution >= 0.6 is 0 Å². The Balaban J connectivity index is 2.79. The van der Waals surface area contributed by atoms with Gasteiger partial charge < -0.3 is 15.3 Å². The molecule has 0 bridgehead atoms. The number of piperidine rings is 1. The molecular formula is C14H26N2O3. The van der Waals surface area contributed by atoms with E-state index < -0.39 is 17.4 Å². The Labute approximate surface area is 115 Å². The number of urea groups is 1. The van der Waals surface area contributed by atoms with Crippen LogP contribution in [0.4, 0.5) is 4.79 Å². The molecule has 2 N–H and O–H groups in total. The lowest BCUT2D eigenvalue weighted by Crippen LogP contribution is -2.58.